The summed E-state index contributed by atoms with van der Waals surface area (Å²) in [5.74, 6) is -0.174. The van der Waals surface area contributed by atoms with Crippen molar-refractivity contribution in [1.82, 2.24) is 5.32 Å². The molecule has 2 aromatic rings. The van der Waals surface area contributed by atoms with Crippen LogP contribution in [0, 0.1) is 0 Å². The molecule has 0 aromatic heterocycles. The molecule has 0 fully saturated rings. The summed E-state index contributed by atoms with van der Waals surface area (Å²) in [6.45, 7) is 5.72. The fraction of sp³-hybridized carbons (Fsp3) is 0.458. The molecule has 162 valence electrons. The lowest BCUT2D eigenvalue weighted by atomic mass is 9.89. The highest BCUT2D eigenvalue weighted by Crippen LogP contribution is 2.29. The third-order valence-electron chi connectivity index (χ3n) is 5.77. The van der Waals surface area contributed by atoms with Crippen molar-refractivity contribution in [1.29, 1.82) is 0 Å². The molecule has 0 radical (unpaired) electrons. The minimum absolute atomic E-state index is 0.142. The zero-order valence-electron chi connectivity index (χ0n) is 18.3. The summed E-state index contributed by atoms with van der Waals surface area (Å²) < 4.78 is 26.2. The minimum atomic E-state index is -3.61. The second kappa shape index (κ2) is 9.21. The van der Waals surface area contributed by atoms with Gasteiger partial charge in [0, 0.05) is 0 Å². The van der Waals surface area contributed by atoms with Gasteiger partial charge in [0.2, 0.25) is 15.9 Å². The zero-order valence-corrected chi connectivity index (χ0v) is 19.1. The van der Waals surface area contributed by atoms with Crippen LogP contribution >= 0.6 is 0 Å². The number of nitrogens with one attached hydrogen (secondary N) is 1. The number of hydrogen-bond acceptors (Lipinski definition) is 3. The molecule has 0 unspecified atom stereocenters. The first-order valence-electron chi connectivity index (χ1n) is 10.6. The van der Waals surface area contributed by atoms with Crippen LogP contribution in [0.25, 0.3) is 0 Å². The molecule has 1 amide bonds. The third-order valence-corrected chi connectivity index (χ3v) is 6.89. The van der Waals surface area contributed by atoms with Gasteiger partial charge in [-0.15, -0.1) is 0 Å². The van der Waals surface area contributed by atoms with Gasteiger partial charge in [0.05, 0.1) is 18.0 Å². The molecule has 0 aliphatic heterocycles. The van der Waals surface area contributed by atoms with E-state index in [1.54, 1.807) is 12.1 Å². The number of aryl methyl sites for hydroxylation is 2. The van der Waals surface area contributed by atoms with E-state index in [-0.39, 0.29) is 24.4 Å². The van der Waals surface area contributed by atoms with Crippen molar-refractivity contribution in [2.45, 2.75) is 58.4 Å². The standard InChI is InChI=1S/C24H32N2O3S/c1-17(2)22-11-7-8-12-23(22)26(30(4,28)29)16-24(27)25-18(3)20-14-13-19-9-5-6-10-21(19)15-20/h7-8,11-15,17-18H,5-6,9-10,16H2,1-4H3,(H,25,27)/t18-/m0/s1. The van der Waals surface area contributed by atoms with Crippen molar-refractivity contribution in [3.63, 3.8) is 0 Å². The van der Waals surface area contributed by atoms with Crippen LogP contribution in [0.4, 0.5) is 5.69 Å². The van der Waals surface area contributed by atoms with Gasteiger partial charge >= 0.3 is 0 Å². The van der Waals surface area contributed by atoms with Crippen LogP contribution in [0.1, 0.15) is 67.8 Å². The second-order valence-electron chi connectivity index (χ2n) is 8.51. The molecular formula is C24H32N2O3S. The van der Waals surface area contributed by atoms with Crippen molar-refractivity contribution in [2.75, 3.05) is 17.1 Å². The number of nitrogens with zero attached hydrogens (tertiary/aromatic N) is 1. The van der Waals surface area contributed by atoms with Crippen LogP contribution in [0.5, 0.6) is 0 Å². The molecular weight excluding hydrogens is 396 g/mol. The van der Waals surface area contributed by atoms with Crippen molar-refractivity contribution in [3.05, 3.63) is 64.7 Å². The maximum atomic E-state index is 12.8. The average Bonchev–Trinajstić information content (AvgIpc) is 2.70. The first-order chi connectivity index (χ1) is 14.2. The van der Waals surface area contributed by atoms with Gasteiger partial charge < -0.3 is 5.32 Å². The monoisotopic (exact) mass is 428 g/mol. The number of fused-ring (bicyclic) bond motifs is 1. The van der Waals surface area contributed by atoms with Gasteiger partial charge in [0.1, 0.15) is 6.54 Å². The Hall–Kier alpha value is -2.34. The van der Waals surface area contributed by atoms with Gasteiger partial charge in [0.15, 0.2) is 0 Å². The first-order valence-corrected chi connectivity index (χ1v) is 12.5. The Balaban J connectivity index is 1.77. The van der Waals surface area contributed by atoms with Crippen molar-refractivity contribution in [2.24, 2.45) is 0 Å². The lowest BCUT2D eigenvalue weighted by molar-refractivity contribution is -0.120. The number of amides is 1. The van der Waals surface area contributed by atoms with Crippen molar-refractivity contribution < 1.29 is 13.2 Å². The number of para-hydroxylation sites is 1. The molecule has 3 rings (SSSR count). The number of carbonyl (C=O) groups excluding carboxylic acids is 1. The largest absolute Gasteiger partial charge is 0.348 e. The summed E-state index contributed by atoms with van der Waals surface area (Å²) in [7, 11) is -3.61. The molecule has 1 aliphatic carbocycles. The molecule has 1 aliphatic rings. The summed E-state index contributed by atoms with van der Waals surface area (Å²) in [6, 6.07) is 13.6. The summed E-state index contributed by atoms with van der Waals surface area (Å²) in [6.07, 6.45) is 5.78. The van der Waals surface area contributed by atoms with Crippen LogP contribution in [-0.2, 0) is 27.7 Å². The molecule has 6 heteroatoms. The van der Waals surface area contributed by atoms with E-state index in [2.05, 4.69) is 23.5 Å². The van der Waals surface area contributed by atoms with E-state index in [0.717, 1.165) is 30.2 Å². The Bertz CT molecular complexity index is 1010. The highest BCUT2D eigenvalue weighted by molar-refractivity contribution is 7.92. The second-order valence-corrected chi connectivity index (χ2v) is 10.4. The fourth-order valence-corrected chi connectivity index (χ4v) is 4.98. The minimum Gasteiger partial charge on any atom is -0.348 e. The normalized spacial score (nSPS) is 14.8. The van der Waals surface area contributed by atoms with Crippen LogP contribution in [0.3, 0.4) is 0 Å². The van der Waals surface area contributed by atoms with Gasteiger partial charge in [-0.1, -0.05) is 50.2 Å². The van der Waals surface area contributed by atoms with Crippen molar-refractivity contribution in [3.8, 4) is 0 Å². The molecule has 0 bridgehead atoms. The van der Waals surface area contributed by atoms with E-state index in [4.69, 9.17) is 0 Å². The smallest absolute Gasteiger partial charge is 0.241 e. The Morgan fingerprint density at radius 3 is 2.37 bits per heavy atom. The first kappa shape index (κ1) is 22.3. The lowest BCUT2D eigenvalue weighted by Gasteiger charge is -2.26. The van der Waals surface area contributed by atoms with Gasteiger partial charge in [-0.2, -0.15) is 0 Å². The van der Waals surface area contributed by atoms with E-state index in [1.807, 2.05) is 32.9 Å². The zero-order chi connectivity index (χ0) is 21.9. The van der Waals surface area contributed by atoms with Gasteiger partial charge in [-0.05, 0) is 66.8 Å². The maximum Gasteiger partial charge on any atom is 0.241 e. The van der Waals surface area contributed by atoms with Crippen LogP contribution in [0.15, 0.2) is 42.5 Å². The Labute approximate surface area is 180 Å². The van der Waals surface area contributed by atoms with Crippen LogP contribution in [0.2, 0.25) is 0 Å². The van der Waals surface area contributed by atoms with Gasteiger partial charge in [-0.25, -0.2) is 8.42 Å². The van der Waals surface area contributed by atoms with Crippen LogP contribution < -0.4 is 9.62 Å². The topological polar surface area (TPSA) is 66.5 Å². The van der Waals surface area contributed by atoms with Gasteiger partial charge in [-0.3, -0.25) is 9.10 Å². The molecule has 0 saturated carbocycles. The highest BCUT2D eigenvalue weighted by atomic mass is 32.2. The molecule has 2 aromatic carbocycles. The summed E-state index contributed by atoms with van der Waals surface area (Å²) in [5.41, 5.74) is 5.28. The molecule has 0 saturated heterocycles. The van der Waals surface area contributed by atoms with Crippen LogP contribution in [-0.4, -0.2) is 27.1 Å². The number of sulfonamides is 1. The number of hydrogen-bond donors (Lipinski definition) is 1. The van der Waals surface area contributed by atoms with Crippen molar-refractivity contribution >= 4 is 21.6 Å². The molecule has 1 N–H and O–H groups in total. The molecule has 30 heavy (non-hydrogen) atoms. The van der Waals surface area contributed by atoms with E-state index in [1.165, 1.54) is 28.3 Å². The Kier molecular flexibility index (Phi) is 6.86. The fourth-order valence-electron chi connectivity index (χ4n) is 4.11. The predicted molar refractivity (Wildman–Crippen MR) is 122 cm³/mol. The molecule has 1 atom stereocenters. The predicted octanol–water partition coefficient (Wildman–Crippen LogP) is 4.33. The van der Waals surface area contributed by atoms with E-state index < -0.39 is 10.0 Å². The number of rotatable bonds is 7. The summed E-state index contributed by atoms with van der Waals surface area (Å²) in [4.78, 5) is 12.8. The SMILES string of the molecule is CC(C)c1ccccc1N(CC(=O)N[C@@H](C)c1ccc2c(c1)CCCC2)S(C)(=O)=O. The molecule has 5 nitrogen and oxygen atoms in total. The van der Waals surface area contributed by atoms with E-state index >= 15 is 0 Å². The Morgan fingerprint density at radius 1 is 1.03 bits per heavy atom. The summed E-state index contributed by atoms with van der Waals surface area (Å²) >= 11 is 0. The Morgan fingerprint density at radius 2 is 1.70 bits per heavy atom. The summed E-state index contributed by atoms with van der Waals surface area (Å²) in [5, 5.41) is 2.98. The number of carbonyl (C=O) groups is 1. The molecule has 0 spiro atoms. The number of benzene rings is 2. The van der Waals surface area contributed by atoms with E-state index in [0.29, 0.717) is 5.69 Å². The van der Waals surface area contributed by atoms with E-state index in [9.17, 15) is 13.2 Å². The maximum absolute atomic E-state index is 12.8. The lowest BCUT2D eigenvalue weighted by Crippen LogP contribution is -2.41. The average molecular weight is 429 g/mol. The third kappa shape index (κ3) is 5.22. The highest BCUT2D eigenvalue weighted by Gasteiger charge is 2.25. The van der Waals surface area contributed by atoms with Gasteiger partial charge in [0.25, 0.3) is 0 Å². The number of anilines is 1. The molecule has 0 heterocycles. The quantitative estimate of drug-likeness (QED) is 0.714.